The van der Waals surface area contributed by atoms with E-state index < -0.39 is 0 Å². The first-order valence-corrected chi connectivity index (χ1v) is 6.27. The van der Waals surface area contributed by atoms with Crippen LogP contribution in [0.15, 0.2) is 28.9 Å². The second-order valence-electron chi connectivity index (χ2n) is 4.60. The molecule has 0 aliphatic rings. The predicted octanol–water partition coefficient (Wildman–Crippen LogP) is 2.04. The number of nitrogens with two attached hydrogens (primary N) is 1. The topological polar surface area (TPSA) is 69.9 Å². The molecule has 0 unspecified atom stereocenters. The van der Waals surface area contributed by atoms with Crippen molar-refractivity contribution in [1.82, 2.24) is 14.5 Å². The molecule has 0 saturated carbocycles. The van der Waals surface area contributed by atoms with E-state index in [0.717, 1.165) is 34.5 Å². The summed E-state index contributed by atoms with van der Waals surface area (Å²) in [5, 5.41) is 0. The Kier molecular flexibility index (Phi) is 2.83. The average Bonchev–Trinajstić information content (AvgIpc) is 2.92. The van der Waals surface area contributed by atoms with Crippen molar-refractivity contribution in [3.63, 3.8) is 0 Å². The van der Waals surface area contributed by atoms with Crippen LogP contribution >= 0.6 is 0 Å². The molecule has 1 aromatic carbocycles. The van der Waals surface area contributed by atoms with E-state index in [1.54, 1.807) is 0 Å². The highest BCUT2D eigenvalue weighted by Gasteiger charge is 2.12. The molecule has 5 heteroatoms. The third-order valence-electron chi connectivity index (χ3n) is 3.21. The molecule has 0 aliphatic heterocycles. The van der Waals surface area contributed by atoms with Crippen molar-refractivity contribution >= 4 is 11.1 Å². The Morgan fingerprint density at radius 1 is 1.37 bits per heavy atom. The standard InChI is InChI=1S/C14H16N4O/c1-9-17-11-7-10(3-4-13(11)19-9)14-12(5-6-15)18(2)8-16-14/h3-4,7-8H,5-6,15H2,1-2H3. The number of benzene rings is 1. The van der Waals surface area contributed by atoms with Crippen LogP contribution < -0.4 is 5.73 Å². The van der Waals surface area contributed by atoms with Crippen LogP contribution in [0.2, 0.25) is 0 Å². The van der Waals surface area contributed by atoms with Crippen LogP contribution in [0.5, 0.6) is 0 Å². The lowest BCUT2D eigenvalue weighted by Gasteiger charge is -2.04. The maximum atomic E-state index is 5.66. The Bertz CT molecular complexity index is 726. The Labute approximate surface area is 111 Å². The van der Waals surface area contributed by atoms with Gasteiger partial charge in [0, 0.05) is 31.6 Å². The molecule has 0 spiro atoms. The third-order valence-corrected chi connectivity index (χ3v) is 3.21. The summed E-state index contributed by atoms with van der Waals surface area (Å²) in [6.07, 6.45) is 2.63. The van der Waals surface area contributed by atoms with Gasteiger partial charge < -0.3 is 14.7 Å². The summed E-state index contributed by atoms with van der Waals surface area (Å²) in [7, 11) is 1.99. The fourth-order valence-corrected chi connectivity index (χ4v) is 2.32. The molecule has 0 atom stereocenters. The molecule has 0 radical (unpaired) electrons. The number of fused-ring (bicyclic) bond motifs is 1. The number of aryl methyl sites for hydroxylation is 2. The molecule has 0 saturated heterocycles. The monoisotopic (exact) mass is 256 g/mol. The first-order valence-electron chi connectivity index (χ1n) is 6.27. The van der Waals surface area contributed by atoms with Gasteiger partial charge >= 0.3 is 0 Å². The highest BCUT2D eigenvalue weighted by Crippen LogP contribution is 2.26. The molecular formula is C14H16N4O. The summed E-state index contributed by atoms with van der Waals surface area (Å²) in [5.74, 6) is 0.676. The van der Waals surface area contributed by atoms with Gasteiger partial charge in [0.25, 0.3) is 0 Å². The van der Waals surface area contributed by atoms with Gasteiger partial charge in [0.05, 0.1) is 12.0 Å². The van der Waals surface area contributed by atoms with Crippen LogP contribution in [-0.2, 0) is 13.5 Å². The number of aromatic nitrogens is 3. The lowest BCUT2D eigenvalue weighted by molar-refractivity contribution is 0.561. The SMILES string of the molecule is Cc1nc2cc(-c3ncn(C)c3CCN)ccc2o1. The van der Waals surface area contributed by atoms with E-state index in [2.05, 4.69) is 9.97 Å². The molecule has 3 aromatic rings. The minimum absolute atomic E-state index is 0.609. The Morgan fingerprint density at radius 2 is 2.21 bits per heavy atom. The van der Waals surface area contributed by atoms with Crippen LogP contribution in [0.1, 0.15) is 11.6 Å². The first kappa shape index (κ1) is 11.9. The van der Waals surface area contributed by atoms with Crippen molar-refractivity contribution in [1.29, 1.82) is 0 Å². The molecule has 0 fully saturated rings. The van der Waals surface area contributed by atoms with Gasteiger partial charge in [-0.2, -0.15) is 0 Å². The molecule has 2 aromatic heterocycles. The zero-order valence-electron chi connectivity index (χ0n) is 11.1. The van der Waals surface area contributed by atoms with Gasteiger partial charge in [-0.15, -0.1) is 0 Å². The molecule has 3 rings (SSSR count). The fraction of sp³-hybridized carbons (Fsp3) is 0.286. The second-order valence-corrected chi connectivity index (χ2v) is 4.60. The van der Waals surface area contributed by atoms with Crippen molar-refractivity contribution < 1.29 is 4.42 Å². The molecular weight excluding hydrogens is 240 g/mol. The van der Waals surface area contributed by atoms with Gasteiger partial charge in [0.2, 0.25) is 0 Å². The van der Waals surface area contributed by atoms with Gasteiger partial charge in [0.1, 0.15) is 5.52 Å². The summed E-state index contributed by atoms with van der Waals surface area (Å²) < 4.78 is 7.50. The summed E-state index contributed by atoms with van der Waals surface area (Å²) >= 11 is 0. The summed E-state index contributed by atoms with van der Waals surface area (Å²) in [4.78, 5) is 8.82. The minimum Gasteiger partial charge on any atom is -0.441 e. The van der Waals surface area contributed by atoms with Crippen LogP contribution in [0.3, 0.4) is 0 Å². The van der Waals surface area contributed by atoms with E-state index in [1.165, 1.54) is 0 Å². The Balaban J connectivity index is 2.13. The van der Waals surface area contributed by atoms with Gasteiger partial charge in [-0.3, -0.25) is 0 Å². The first-order chi connectivity index (χ1) is 9.19. The summed E-state index contributed by atoms with van der Waals surface area (Å²) in [5.41, 5.74) is 10.5. The fourth-order valence-electron chi connectivity index (χ4n) is 2.32. The Morgan fingerprint density at radius 3 is 3.00 bits per heavy atom. The molecule has 0 aliphatic carbocycles. The van der Waals surface area contributed by atoms with Crippen LogP contribution in [0.4, 0.5) is 0 Å². The number of rotatable bonds is 3. The van der Waals surface area contributed by atoms with Gasteiger partial charge in [-0.25, -0.2) is 9.97 Å². The molecule has 98 valence electrons. The Hall–Kier alpha value is -2.14. The largest absolute Gasteiger partial charge is 0.441 e. The van der Waals surface area contributed by atoms with Crippen molar-refractivity contribution in [2.45, 2.75) is 13.3 Å². The minimum atomic E-state index is 0.609. The normalized spacial score (nSPS) is 11.3. The lowest BCUT2D eigenvalue weighted by atomic mass is 10.1. The smallest absolute Gasteiger partial charge is 0.192 e. The number of hydrogen-bond acceptors (Lipinski definition) is 4. The van der Waals surface area contributed by atoms with Crippen LogP contribution in [-0.4, -0.2) is 21.1 Å². The van der Waals surface area contributed by atoms with E-state index >= 15 is 0 Å². The van der Waals surface area contributed by atoms with Crippen LogP contribution in [0.25, 0.3) is 22.4 Å². The zero-order valence-corrected chi connectivity index (χ0v) is 11.1. The molecule has 2 heterocycles. The number of imidazole rings is 1. The van der Waals surface area contributed by atoms with Crippen LogP contribution in [0, 0.1) is 6.92 Å². The van der Waals surface area contributed by atoms with Gasteiger partial charge in [-0.1, -0.05) is 0 Å². The van der Waals surface area contributed by atoms with E-state index in [9.17, 15) is 0 Å². The highest BCUT2D eigenvalue weighted by atomic mass is 16.3. The molecule has 19 heavy (non-hydrogen) atoms. The van der Waals surface area contributed by atoms with E-state index in [4.69, 9.17) is 10.2 Å². The van der Waals surface area contributed by atoms with E-state index in [-0.39, 0.29) is 0 Å². The molecule has 5 nitrogen and oxygen atoms in total. The van der Waals surface area contributed by atoms with Crippen molar-refractivity contribution in [2.24, 2.45) is 12.8 Å². The number of nitrogens with zero attached hydrogens (tertiary/aromatic N) is 3. The van der Waals surface area contributed by atoms with Crippen molar-refractivity contribution in [3.05, 3.63) is 36.1 Å². The highest BCUT2D eigenvalue weighted by molar-refractivity contribution is 5.80. The number of oxazole rings is 1. The maximum absolute atomic E-state index is 5.66. The van der Waals surface area contributed by atoms with E-state index in [1.807, 2.05) is 43.1 Å². The van der Waals surface area contributed by atoms with Crippen molar-refractivity contribution in [2.75, 3.05) is 6.54 Å². The third kappa shape index (κ3) is 2.02. The molecule has 0 bridgehead atoms. The lowest BCUT2D eigenvalue weighted by Crippen LogP contribution is -2.07. The summed E-state index contributed by atoms with van der Waals surface area (Å²) in [6, 6.07) is 5.95. The molecule has 2 N–H and O–H groups in total. The van der Waals surface area contributed by atoms with Gasteiger partial charge in [-0.05, 0) is 24.7 Å². The number of hydrogen-bond donors (Lipinski definition) is 1. The van der Waals surface area contributed by atoms with Gasteiger partial charge in [0.15, 0.2) is 11.5 Å². The van der Waals surface area contributed by atoms with Crippen molar-refractivity contribution in [3.8, 4) is 11.3 Å². The quantitative estimate of drug-likeness (QED) is 0.778. The average molecular weight is 256 g/mol. The van der Waals surface area contributed by atoms with E-state index in [0.29, 0.717) is 12.4 Å². The maximum Gasteiger partial charge on any atom is 0.192 e. The summed E-state index contributed by atoms with van der Waals surface area (Å²) in [6.45, 7) is 2.46. The second kappa shape index (κ2) is 4.51. The zero-order chi connectivity index (χ0) is 13.4. The molecule has 0 amide bonds. The predicted molar refractivity (Wildman–Crippen MR) is 73.7 cm³/mol.